The average molecular weight is 454 g/mol. The van der Waals surface area contributed by atoms with Crippen LogP contribution < -0.4 is 0 Å². The Kier molecular flexibility index (Phi) is 9.45. The third-order valence-electron chi connectivity index (χ3n) is 5.27. The molecule has 0 saturated heterocycles. The SMILES string of the molecule is CC(C)(C)N(CC(=O)c1ccc(O)c(COCc2ccccc2)c1)Cc1ccccc1.Cl. The van der Waals surface area contributed by atoms with Gasteiger partial charge in [0.05, 0.1) is 19.8 Å². The molecule has 1 N–H and O–H groups in total. The highest BCUT2D eigenvalue weighted by Crippen LogP contribution is 2.22. The third-order valence-corrected chi connectivity index (χ3v) is 5.27. The molecule has 0 fully saturated rings. The van der Waals surface area contributed by atoms with Gasteiger partial charge >= 0.3 is 0 Å². The number of aromatic hydroxyl groups is 1. The van der Waals surface area contributed by atoms with Crippen molar-refractivity contribution in [3.63, 3.8) is 0 Å². The number of halogens is 1. The van der Waals surface area contributed by atoms with Crippen LogP contribution >= 0.6 is 12.4 Å². The van der Waals surface area contributed by atoms with Crippen molar-refractivity contribution in [1.82, 2.24) is 4.90 Å². The van der Waals surface area contributed by atoms with Gasteiger partial charge in [0.2, 0.25) is 0 Å². The molecule has 3 aromatic rings. The molecule has 0 heterocycles. The lowest BCUT2D eigenvalue weighted by Crippen LogP contribution is -2.43. The van der Waals surface area contributed by atoms with Gasteiger partial charge in [-0.2, -0.15) is 0 Å². The first-order valence-electron chi connectivity index (χ1n) is 10.6. The van der Waals surface area contributed by atoms with E-state index in [0.29, 0.717) is 30.8 Å². The fraction of sp³-hybridized carbons (Fsp3) is 0.296. The van der Waals surface area contributed by atoms with E-state index in [1.54, 1.807) is 18.2 Å². The highest BCUT2D eigenvalue weighted by Gasteiger charge is 2.24. The van der Waals surface area contributed by atoms with Crippen molar-refractivity contribution in [2.45, 2.75) is 46.1 Å². The minimum Gasteiger partial charge on any atom is -0.508 e. The Morgan fingerprint density at radius 3 is 2.06 bits per heavy atom. The van der Waals surface area contributed by atoms with E-state index in [4.69, 9.17) is 4.74 Å². The van der Waals surface area contributed by atoms with E-state index in [-0.39, 0.29) is 36.1 Å². The normalized spacial score (nSPS) is 11.2. The molecule has 0 radical (unpaired) electrons. The molecule has 5 heteroatoms. The number of rotatable bonds is 9. The minimum absolute atomic E-state index is 0. The van der Waals surface area contributed by atoms with Crippen LogP contribution in [0.4, 0.5) is 0 Å². The predicted octanol–water partition coefficient (Wildman–Crippen LogP) is 6.01. The minimum atomic E-state index is -0.163. The molecule has 0 aromatic heterocycles. The summed E-state index contributed by atoms with van der Waals surface area (Å²) in [4.78, 5) is 15.3. The van der Waals surface area contributed by atoms with E-state index in [9.17, 15) is 9.90 Å². The lowest BCUT2D eigenvalue weighted by molar-refractivity contribution is 0.0792. The molecule has 0 aliphatic heterocycles. The molecule has 3 rings (SSSR count). The maximum atomic E-state index is 13.1. The van der Waals surface area contributed by atoms with Crippen molar-refractivity contribution in [2.75, 3.05) is 6.54 Å². The van der Waals surface area contributed by atoms with Crippen LogP contribution in [0.2, 0.25) is 0 Å². The number of ketones is 1. The lowest BCUT2D eigenvalue weighted by Gasteiger charge is -2.35. The molecule has 0 unspecified atom stereocenters. The molecule has 0 aliphatic rings. The largest absolute Gasteiger partial charge is 0.508 e. The number of hydrogen-bond donors (Lipinski definition) is 1. The average Bonchev–Trinajstić information content (AvgIpc) is 2.75. The Bertz CT molecular complexity index is 985. The van der Waals surface area contributed by atoms with Crippen molar-refractivity contribution in [1.29, 1.82) is 0 Å². The first kappa shape index (κ1) is 25.6. The smallest absolute Gasteiger partial charge is 0.176 e. The Balaban J connectivity index is 0.00000363. The molecule has 0 amide bonds. The van der Waals surface area contributed by atoms with Gasteiger partial charge in [-0.3, -0.25) is 9.69 Å². The molecule has 32 heavy (non-hydrogen) atoms. The number of nitrogens with zero attached hydrogens (tertiary/aromatic N) is 1. The number of ether oxygens (including phenoxy) is 1. The van der Waals surface area contributed by atoms with Crippen LogP contribution in [0.15, 0.2) is 78.9 Å². The monoisotopic (exact) mass is 453 g/mol. The van der Waals surface area contributed by atoms with Gasteiger partial charge in [0.1, 0.15) is 5.75 Å². The molecule has 0 aliphatic carbocycles. The molecule has 0 bridgehead atoms. The third kappa shape index (κ3) is 7.49. The van der Waals surface area contributed by atoms with Crippen molar-refractivity contribution in [3.8, 4) is 5.75 Å². The van der Waals surface area contributed by atoms with E-state index in [0.717, 1.165) is 5.56 Å². The van der Waals surface area contributed by atoms with E-state index in [2.05, 4.69) is 37.8 Å². The lowest BCUT2D eigenvalue weighted by atomic mass is 10.0. The number of Topliss-reactive ketones (excluding diaryl/α,β-unsaturated/α-hetero) is 1. The van der Waals surface area contributed by atoms with Gasteiger partial charge in [-0.1, -0.05) is 60.7 Å². The zero-order chi connectivity index (χ0) is 22.3. The number of carbonyl (C=O) groups is 1. The first-order valence-corrected chi connectivity index (χ1v) is 10.6. The Hall–Kier alpha value is -2.66. The molecule has 0 spiro atoms. The predicted molar refractivity (Wildman–Crippen MR) is 131 cm³/mol. The van der Waals surface area contributed by atoms with E-state index >= 15 is 0 Å². The van der Waals surface area contributed by atoms with Gasteiger partial charge in [0.25, 0.3) is 0 Å². The van der Waals surface area contributed by atoms with E-state index in [1.807, 2.05) is 48.5 Å². The summed E-state index contributed by atoms with van der Waals surface area (Å²) >= 11 is 0. The Labute approximate surface area is 197 Å². The molecule has 170 valence electrons. The highest BCUT2D eigenvalue weighted by atomic mass is 35.5. The van der Waals surface area contributed by atoms with Crippen LogP contribution in [-0.4, -0.2) is 27.9 Å². The summed E-state index contributed by atoms with van der Waals surface area (Å²) in [5.41, 5.74) is 3.27. The summed E-state index contributed by atoms with van der Waals surface area (Å²) < 4.78 is 5.75. The van der Waals surface area contributed by atoms with E-state index in [1.165, 1.54) is 5.56 Å². The summed E-state index contributed by atoms with van der Waals surface area (Å²) in [5, 5.41) is 10.2. The van der Waals surface area contributed by atoms with Gasteiger partial charge < -0.3 is 9.84 Å². The summed E-state index contributed by atoms with van der Waals surface area (Å²) in [6.45, 7) is 8.03. The van der Waals surface area contributed by atoms with Crippen molar-refractivity contribution < 1.29 is 14.6 Å². The van der Waals surface area contributed by atoms with Crippen LogP contribution in [0, 0.1) is 0 Å². The highest BCUT2D eigenvalue weighted by molar-refractivity contribution is 5.98. The second kappa shape index (κ2) is 11.8. The maximum absolute atomic E-state index is 13.1. The van der Waals surface area contributed by atoms with Crippen molar-refractivity contribution in [3.05, 3.63) is 101 Å². The van der Waals surface area contributed by atoms with Crippen LogP contribution in [0.25, 0.3) is 0 Å². The molecule has 3 aromatic carbocycles. The zero-order valence-electron chi connectivity index (χ0n) is 19.0. The van der Waals surface area contributed by atoms with Crippen LogP contribution in [-0.2, 0) is 24.5 Å². The van der Waals surface area contributed by atoms with Crippen LogP contribution in [0.5, 0.6) is 5.75 Å². The molecule has 0 atom stereocenters. The van der Waals surface area contributed by atoms with Crippen molar-refractivity contribution >= 4 is 18.2 Å². The number of carbonyl (C=O) groups excluding carboxylic acids is 1. The molecular weight excluding hydrogens is 422 g/mol. The topological polar surface area (TPSA) is 49.8 Å². The number of hydrogen-bond acceptors (Lipinski definition) is 4. The molecule has 0 saturated carbocycles. The number of phenols is 1. The van der Waals surface area contributed by atoms with Crippen LogP contribution in [0.3, 0.4) is 0 Å². The maximum Gasteiger partial charge on any atom is 0.176 e. The second-order valence-corrected chi connectivity index (χ2v) is 8.76. The summed E-state index contributed by atoms with van der Waals surface area (Å²) in [5.74, 6) is 0.164. The first-order chi connectivity index (χ1) is 14.8. The van der Waals surface area contributed by atoms with Gasteiger partial charge in [-0.15, -0.1) is 12.4 Å². The number of phenolic OH excluding ortho intramolecular Hbond substituents is 1. The van der Waals surface area contributed by atoms with Crippen LogP contribution in [0.1, 0.15) is 47.8 Å². The number of benzene rings is 3. The molecular formula is C27H32ClNO3. The zero-order valence-corrected chi connectivity index (χ0v) is 19.8. The fourth-order valence-corrected chi connectivity index (χ4v) is 3.33. The van der Waals surface area contributed by atoms with Crippen molar-refractivity contribution in [2.24, 2.45) is 0 Å². The Morgan fingerprint density at radius 2 is 1.47 bits per heavy atom. The second-order valence-electron chi connectivity index (χ2n) is 8.76. The Morgan fingerprint density at radius 1 is 0.875 bits per heavy atom. The summed E-state index contributed by atoms with van der Waals surface area (Å²) in [7, 11) is 0. The fourth-order valence-electron chi connectivity index (χ4n) is 3.33. The van der Waals surface area contributed by atoms with Gasteiger partial charge in [0.15, 0.2) is 5.78 Å². The quantitative estimate of drug-likeness (QED) is 0.403. The van der Waals surface area contributed by atoms with Gasteiger partial charge in [0, 0.05) is 23.2 Å². The summed E-state index contributed by atoms with van der Waals surface area (Å²) in [6, 6.07) is 25.0. The van der Waals surface area contributed by atoms with E-state index < -0.39 is 0 Å². The van der Waals surface area contributed by atoms with Gasteiger partial charge in [-0.05, 0) is 50.1 Å². The van der Waals surface area contributed by atoms with Gasteiger partial charge in [-0.25, -0.2) is 0 Å². The standard InChI is InChI=1S/C27H31NO3.ClH/c1-27(2,3)28(17-21-10-6-4-7-11-21)18-26(30)23-14-15-25(29)24(16-23)20-31-19-22-12-8-5-9-13-22;/h4-16,29H,17-20H2,1-3H3;1H. The molecule has 4 nitrogen and oxygen atoms in total. The summed E-state index contributed by atoms with van der Waals surface area (Å²) in [6.07, 6.45) is 0.